The molecule has 1 aromatic heterocycles. The van der Waals surface area contributed by atoms with Gasteiger partial charge in [0.05, 0.1) is 18.3 Å². The molecule has 1 aliphatic heterocycles. The summed E-state index contributed by atoms with van der Waals surface area (Å²) in [5.74, 6) is 1.65. The highest BCUT2D eigenvalue weighted by Gasteiger charge is 2.36. The number of benzene rings is 2. The Morgan fingerprint density at radius 2 is 1.81 bits per heavy atom. The van der Waals surface area contributed by atoms with E-state index in [1.165, 1.54) is 18.4 Å². The van der Waals surface area contributed by atoms with Gasteiger partial charge in [0.25, 0.3) is 0 Å². The minimum atomic E-state index is -0.0419. The van der Waals surface area contributed by atoms with Gasteiger partial charge in [0.1, 0.15) is 13.2 Å². The van der Waals surface area contributed by atoms with E-state index in [0.717, 1.165) is 35.6 Å². The van der Waals surface area contributed by atoms with Crippen LogP contribution in [0.1, 0.15) is 36.8 Å². The van der Waals surface area contributed by atoms with E-state index in [2.05, 4.69) is 22.5 Å². The lowest BCUT2D eigenvalue weighted by Crippen LogP contribution is -2.39. The number of carbonyl (C=O) groups excluding carboxylic acids is 1. The van der Waals surface area contributed by atoms with Crippen LogP contribution in [0.3, 0.4) is 0 Å². The Morgan fingerprint density at radius 3 is 2.61 bits per heavy atom. The standard InChI is InChI=1S/C25H27N3O3/c29-24(14-19-16-27-28(17-19)21-6-2-1-3-7-21)26-18-25(10-4-5-11-25)20-8-9-22-23(15-20)31-13-12-30-22/h1-3,6-9,15-17H,4-5,10-14,18H2,(H,26,29). The summed E-state index contributed by atoms with van der Waals surface area (Å²) >= 11 is 0. The Kier molecular flexibility index (Phi) is 5.37. The van der Waals surface area contributed by atoms with Crippen LogP contribution in [-0.4, -0.2) is 35.4 Å². The van der Waals surface area contributed by atoms with Crippen molar-refractivity contribution < 1.29 is 14.3 Å². The lowest BCUT2D eigenvalue weighted by molar-refractivity contribution is -0.120. The van der Waals surface area contributed by atoms with Crippen LogP contribution < -0.4 is 14.8 Å². The molecule has 5 rings (SSSR count). The van der Waals surface area contributed by atoms with Crippen molar-refractivity contribution in [2.24, 2.45) is 0 Å². The van der Waals surface area contributed by atoms with Crippen LogP contribution in [0.5, 0.6) is 11.5 Å². The molecule has 0 bridgehead atoms. The number of hydrogen-bond donors (Lipinski definition) is 1. The summed E-state index contributed by atoms with van der Waals surface area (Å²) in [6.07, 6.45) is 8.49. The summed E-state index contributed by atoms with van der Waals surface area (Å²) in [4.78, 5) is 12.7. The summed E-state index contributed by atoms with van der Waals surface area (Å²) in [5.41, 5.74) is 3.07. The van der Waals surface area contributed by atoms with Crippen molar-refractivity contribution in [1.29, 1.82) is 0 Å². The smallest absolute Gasteiger partial charge is 0.224 e. The number of amides is 1. The maximum Gasteiger partial charge on any atom is 0.224 e. The van der Waals surface area contributed by atoms with Crippen LogP contribution >= 0.6 is 0 Å². The summed E-state index contributed by atoms with van der Waals surface area (Å²) in [5, 5.41) is 7.58. The molecular formula is C25H27N3O3. The van der Waals surface area contributed by atoms with E-state index < -0.39 is 0 Å². The molecule has 0 saturated heterocycles. The van der Waals surface area contributed by atoms with E-state index >= 15 is 0 Å². The number of carbonyl (C=O) groups is 1. The Balaban J connectivity index is 1.25. The third kappa shape index (κ3) is 4.15. The van der Waals surface area contributed by atoms with Crippen LogP contribution in [0.4, 0.5) is 0 Å². The highest BCUT2D eigenvalue weighted by atomic mass is 16.6. The minimum absolute atomic E-state index is 0.0245. The molecule has 2 aliphatic rings. The molecule has 6 heteroatoms. The van der Waals surface area contributed by atoms with E-state index in [0.29, 0.717) is 26.2 Å². The normalized spacial score (nSPS) is 16.8. The fourth-order valence-electron chi connectivity index (χ4n) is 4.68. The van der Waals surface area contributed by atoms with Crippen LogP contribution in [0.15, 0.2) is 60.9 Å². The Hall–Kier alpha value is -3.28. The molecule has 1 aliphatic carbocycles. The molecule has 3 aromatic rings. The van der Waals surface area contributed by atoms with Gasteiger partial charge in [-0.3, -0.25) is 4.79 Å². The highest BCUT2D eigenvalue weighted by Crippen LogP contribution is 2.43. The zero-order chi connectivity index (χ0) is 21.1. The van der Waals surface area contributed by atoms with E-state index in [1.807, 2.05) is 42.6 Å². The van der Waals surface area contributed by atoms with E-state index in [1.54, 1.807) is 10.9 Å². The van der Waals surface area contributed by atoms with E-state index in [9.17, 15) is 4.79 Å². The largest absolute Gasteiger partial charge is 0.486 e. The lowest BCUT2D eigenvalue weighted by atomic mass is 9.78. The molecule has 0 atom stereocenters. The second-order valence-corrected chi connectivity index (χ2v) is 8.43. The number of aromatic nitrogens is 2. The number of ether oxygens (including phenoxy) is 2. The van der Waals surface area contributed by atoms with Gasteiger partial charge in [-0.15, -0.1) is 0 Å². The van der Waals surface area contributed by atoms with Crippen LogP contribution in [0, 0.1) is 0 Å². The average Bonchev–Trinajstić information content (AvgIpc) is 3.49. The quantitative estimate of drug-likeness (QED) is 0.662. The van der Waals surface area contributed by atoms with Gasteiger partial charge in [-0.05, 0) is 48.2 Å². The van der Waals surface area contributed by atoms with Crippen molar-refractivity contribution in [3.8, 4) is 17.2 Å². The van der Waals surface area contributed by atoms with Crippen LogP contribution in [-0.2, 0) is 16.6 Å². The van der Waals surface area contributed by atoms with Gasteiger partial charge in [-0.1, -0.05) is 37.1 Å². The first-order chi connectivity index (χ1) is 15.2. The Labute approximate surface area is 182 Å². The molecule has 31 heavy (non-hydrogen) atoms. The monoisotopic (exact) mass is 417 g/mol. The predicted molar refractivity (Wildman–Crippen MR) is 118 cm³/mol. The molecule has 0 unspecified atom stereocenters. The van der Waals surface area contributed by atoms with Crippen molar-refractivity contribution >= 4 is 5.91 Å². The average molecular weight is 418 g/mol. The number of hydrogen-bond acceptors (Lipinski definition) is 4. The third-order valence-electron chi connectivity index (χ3n) is 6.36. The first kappa shape index (κ1) is 19.7. The third-order valence-corrected chi connectivity index (χ3v) is 6.36. The molecule has 2 heterocycles. The van der Waals surface area contributed by atoms with Crippen LogP contribution in [0.25, 0.3) is 5.69 Å². The van der Waals surface area contributed by atoms with Gasteiger partial charge in [0, 0.05) is 18.2 Å². The second kappa shape index (κ2) is 8.46. The molecule has 6 nitrogen and oxygen atoms in total. The van der Waals surface area contributed by atoms with Crippen molar-refractivity contribution in [2.45, 2.75) is 37.5 Å². The summed E-state index contributed by atoms with van der Waals surface area (Å²) in [6, 6.07) is 16.2. The fourth-order valence-corrected chi connectivity index (χ4v) is 4.68. The number of rotatable bonds is 6. The molecule has 160 valence electrons. The topological polar surface area (TPSA) is 65.4 Å². The predicted octanol–water partition coefficient (Wildman–Crippen LogP) is 3.81. The van der Waals surface area contributed by atoms with Gasteiger partial charge in [0.2, 0.25) is 5.91 Å². The summed E-state index contributed by atoms with van der Waals surface area (Å²) in [7, 11) is 0. The zero-order valence-corrected chi connectivity index (χ0v) is 17.5. The van der Waals surface area contributed by atoms with Crippen molar-refractivity contribution in [3.05, 3.63) is 72.1 Å². The number of nitrogens with one attached hydrogen (secondary N) is 1. The molecule has 1 saturated carbocycles. The maximum atomic E-state index is 12.7. The second-order valence-electron chi connectivity index (χ2n) is 8.43. The van der Waals surface area contributed by atoms with Gasteiger partial charge in [-0.2, -0.15) is 5.10 Å². The fraction of sp³-hybridized carbons (Fsp3) is 0.360. The van der Waals surface area contributed by atoms with Gasteiger partial charge in [-0.25, -0.2) is 4.68 Å². The number of nitrogens with zero attached hydrogens (tertiary/aromatic N) is 2. The lowest BCUT2D eigenvalue weighted by Gasteiger charge is -2.31. The van der Waals surface area contributed by atoms with Gasteiger partial charge in [0.15, 0.2) is 11.5 Å². The first-order valence-electron chi connectivity index (χ1n) is 11.0. The van der Waals surface area contributed by atoms with Crippen molar-refractivity contribution in [3.63, 3.8) is 0 Å². The zero-order valence-electron chi connectivity index (χ0n) is 17.5. The molecule has 1 N–H and O–H groups in total. The summed E-state index contributed by atoms with van der Waals surface area (Å²) in [6.45, 7) is 1.81. The van der Waals surface area contributed by atoms with Gasteiger partial charge < -0.3 is 14.8 Å². The molecule has 0 spiro atoms. The van der Waals surface area contributed by atoms with E-state index in [-0.39, 0.29) is 11.3 Å². The molecule has 2 aromatic carbocycles. The molecular weight excluding hydrogens is 390 g/mol. The maximum absolute atomic E-state index is 12.7. The Morgan fingerprint density at radius 1 is 1.03 bits per heavy atom. The van der Waals surface area contributed by atoms with E-state index in [4.69, 9.17) is 9.47 Å². The van der Waals surface area contributed by atoms with Gasteiger partial charge >= 0.3 is 0 Å². The van der Waals surface area contributed by atoms with Crippen LogP contribution in [0.2, 0.25) is 0 Å². The molecule has 1 amide bonds. The molecule has 0 radical (unpaired) electrons. The van der Waals surface area contributed by atoms with Crippen molar-refractivity contribution in [1.82, 2.24) is 15.1 Å². The number of fused-ring (bicyclic) bond motifs is 1. The van der Waals surface area contributed by atoms with Crippen molar-refractivity contribution in [2.75, 3.05) is 19.8 Å². The minimum Gasteiger partial charge on any atom is -0.486 e. The SMILES string of the molecule is O=C(Cc1cnn(-c2ccccc2)c1)NCC1(c2ccc3c(c2)OCCO3)CCCC1. The molecule has 1 fully saturated rings. The highest BCUT2D eigenvalue weighted by molar-refractivity contribution is 5.78. The number of para-hydroxylation sites is 1. The first-order valence-corrected chi connectivity index (χ1v) is 11.0. The summed E-state index contributed by atoms with van der Waals surface area (Å²) < 4.78 is 13.3. The Bertz CT molecular complexity index is 1050.